The summed E-state index contributed by atoms with van der Waals surface area (Å²) in [7, 11) is 0. The molecule has 2 aromatic rings. The second-order valence-corrected chi connectivity index (χ2v) is 5.11. The molecule has 0 fully saturated rings. The maximum Gasteiger partial charge on any atom is 0.0590 e. The fourth-order valence-electron chi connectivity index (χ4n) is 1.36. The van der Waals surface area contributed by atoms with E-state index < -0.39 is 0 Å². The van der Waals surface area contributed by atoms with Crippen molar-refractivity contribution in [3.63, 3.8) is 0 Å². The highest BCUT2D eigenvalue weighted by atomic mass is 79.9. The number of anilines is 1. The molecule has 2 rings (SSSR count). The van der Waals surface area contributed by atoms with Gasteiger partial charge in [-0.05, 0) is 39.7 Å². The largest absolute Gasteiger partial charge is 0.380 e. The molecule has 0 aliphatic heterocycles. The Morgan fingerprint density at radius 2 is 2.06 bits per heavy atom. The molecule has 0 aliphatic rings. The predicted octanol–water partition coefficient (Wildman–Crippen LogP) is 4.22. The Labute approximate surface area is 111 Å². The van der Waals surface area contributed by atoms with Crippen molar-refractivity contribution < 1.29 is 0 Å². The van der Waals surface area contributed by atoms with Gasteiger partial charge in [-0.25, -0.2) is 0 Å². The fourth-order valence-corrected chi connectivity index (χ4v) is 2.20. The standard InChI is InChI=1S/C12H10Br2N2/c13-10-3-1-2-9(6-10)7-16-12-4-5-15-8-11(12)14/h1-6,8H,7H2,(H,15,16). The minimum atomic E-state index is 0.794. The third-order valence-corrected chi connectivity index (χ3v) is 3.27. The molecule has 4 heteroatoms. The van der Waals surface area contributed by atoms with E-state index >= 15 is 0 Å². The van der Waals surface area contributed by atoms with E-state index in [1.165, 1.54) is 5.56 Å². The van der Waals surface area contributed by atoms with Crippen LogP contribution in [0.4, 0.5) is 5.69 Å². The van der Waals surface area contributed by atoms with E-state index in [2.05, 4.69) is 54.3 Å². The zero-order valence-electron chi connectivity index (χ0n) is 8.45. The third-order valence-electron chi connectivity index (χ3n) is 2.14. The number of benzene rings is 1. The highest BCUT2D eigenvalue weighted by Gasteiger charge is 1.98. The van der Waals surface area contributed by atoms with Crippen LogP contribution in [0.25, 0.3) is 0 Å². The van der Waals surface area contributed by atoms with Crippen LogP contribution in [0, 0.1) is 0 Å². The monoisotopic (exact) mass is 340 g/mol. The van der Waals surface area contributed by atoms with Gasteiger partial charge in [0.25, 0.3) is 0 Å². The first-order chi connectivity index (χ1) is 7.75. The molecule has 1 aromatic heterocycles. The highest BCUT2D eigenvalue weighted by Crippen LogP contribution is 2.21. The zero-order valence-corrected chi connectivity index (χ0v) is 11.6. The number of nitrogens with zero attached hydrogens (tertiary/aromatic N) is 1. The Kier molecular flexibility index (Phi) is 3.96. The van der Waals surface area contributed by atoms with Crippen molar-refractivity contribution in [3.05, 3.63) is 57.2 Å². The Morgan fingerprint density at radius 1 is 1.19 bits per heavy atom. The van der Waals surface area contributed by atoms with Crippen molar-refractivity contribution in [1.29, 1.82) is 0 Å². The molecule has 2 nitrogen and oxygen atoms in total. The minimum Gasteiger partial charge on any atom is -0.380 e. The van der Waals surface area contributed by atoms with E-state index in [0.29, 0.717) is 0 Å². The quantitative estimate of drug-likeness (QED) is 0.904. The summed E-state index contributed by atoms with van der Waals surface area (Å²) in [5.74, 6) is 0. The van der Waals surface area contributed by atoms with Crippen molar-refractivity contribution in [2.75, 3.05) is 5.32 Å². The van der Waals surface area contributed by atoms with Crippen LogP contribution in [-0.4, -0.2) is 4.98 Å². The van der Waals surface area contributed by atoms with Crippen LogP contribution in [0.5, 0.6) is 0 Å². The molecule has 0 bridgehead atoms. The molecule has 0 saturated heterocycles. The smallest absolute Gasteiger partial charge is 0.0590 e. The second-order valence-electron chi connectivity index (χ2n) is 3.34. The van der Waals surface area contributed by atoms with Crippen LogP contribution in [-0.2, 0) is 6.54 Å². The van der Waals surface area contributed by atoms with Gasteiger partial charge in [0, 0.05) is 23.4 Å². The van der Waals surface area contributed by atoms with E-state index in [1.807, 2.05) is 18.2 Å². The fraction of sp³-hybridized carbons (Fsp3) is 0.0833. The number of rotatable bonds is 3. The maximum atomic E-state index is 4.02. The van der Waals surface area contributed by atoms with Crippen molar-refractivity contribution in [2.45, 2.75) is 6.54 Å². The molecule has 1 aromatic carbocycles. The van der Waals surface area contributed by atoms with Gasteiger partial charge in [0.2, 0.25) is 0 Å². The first-order valence-corrected chi connectivity index (χ1v) is 6.42. The molecule has 0 aliphatic carbocycles. The van der Waals surface area contributed by atoms with E-state index in [1.54, 1.807) is 12.4 Å². The summed E-state index contributed by atoms with van der Waals surface area (Å²) < 4.78 is 2.07. The molecule has 0 spiro atoms. The molecular weight excluding hydrogens is 332 g/mol. The predicted molar refractivity (Wildman–Crippen MR) is 73.4 cm³/mol. The normalized spacial score (nSPS) is 10.1. The first kappa shape index (κ1) is 11.6. The van der Waals surface area contributed by atoms with Crippen LogP contribution < -0.4 is 5.32 Å². The maximum absolute atomic E-state index is 4.02. The van der Waals surface area contributed by atoms with Gasteiger partial charge in [-0.3, -0.25) is 4.98 Å². The lowest BCUT2D eigenvalue weighted by molar-refractivity contribution is 1.13. The van der Waals surface area contributed by atoms with Gasteiger partial charge in [-0.2, -0.15) is 0 Å². The summed E-state index contributed by atoms with van der Waals surface area (Å²) in [5.41, 5.74) is 2.29. The zero-order chi connectivity index (χ0) is 11.4. The van der Waals surface area contributed by atoms with E-state index in [9.17, 15) is 0 Å². The second kappa shape index (κ2) is 5.46. The summed E-state index contributed by atoms with van der Waals surface area (Å²) in [6.45, 7) is 0.794. The van der Waals surface area contributed by atoms with E-state index in [0.717, 1.165) is 21.2 Å². The molecule has 0 unspecified atom stereocenters. The van der Waals surface area contributed by atoms with Crippen LogP contribution in [0.15, 0.2) is 51.7 Å². The Bertz CT molecular complexity index is 486. The van der Waals surface area contributed by atoms with Gasteiger partial charge >= 0.3 is 0 Å². The van der Waals surface area contributed by atoms with Crippen molar-refractivity contribution in [2.24, 2.45) is 0 Å². The molecule has 0 atom stereocenters. The molecule has 0 radical (unpaired) electrons. The number of aromatic nitrogens is 1. The average molecular weight is 342 g/mol. The molecule has 1 heterocycles. The number of hydrogen-bond donors (Lipinski definition) is 1. The lowest BCUT2D eigenvalue weighted by Crippen LogP contribution is -1.99. The number of nitrogens with one attached hydrogen (secondary N) is 1. The van der Waals surface area contributed by atoms with Gasteiger partial charge in [0.05, 0.1) is 10.2 Å². The topological polar surface area (TPSA) is 24.9 Å². The molecule has 0 amide bonds. The van der Waals surface area contributed by atoms with Crippen LogP contribution in [0.1, 0.15) is 5.56 Å². The summed E-state index contributed by atoms with van der Waals surface area (Å²) in [5, 5.41) is 3.35. The van der Waals surface area contributed by atoms with Crippen LogP contribution in [0.3, 0.4) is 0 Å². The lowest BCUT2D eigenvalue weighted by Gasteiger charge is -2.08. The first-order valence-electron chi connectivity index (χ1n) is 4.83. The number of pyridine rings is 1. The van der Waals surface area contributed by atoms with Gasteiger partial charge in [0.15, 0.2) is 0 Å². The van der Waals surface area contributed by atoms with E-state index in [4.69, 9.17) is 0 Å². The molecule has 0 saturated carbocycles. The summed E-state index contributed by atoms with van der Waals surface area (Å²) in [4.78, 5) is 4.02. The lowest BCUT2D eigenvalue weighted by atomic mass is 10.2. The summed E-state index contributed by atoms with van der Waals surface area (Å²) in [6.07, 6.45) is 3.55. The van der Waals surface area contributed by atoms with Gasteiger partial charge in [-0.1, -0.05) is 28.1 Å². The molecule has 16 heavy (non-hydrogen) atoms. The Morgan fingerprint density at radius 3 is 2.81 bits per heavy atom. The molecular formula is C12H10Br2N2. The van der Waals surface area contributed by atoms with Crippen molar-refractivity contribution >= 4 is 37.5 Å². The van der Waals surface area contributed by atoms with E-state index in [-0.39, 0.29) is 0 Å². The SMILES string of the molecule is Brc1cccc(CNc2ccncc2Br)c1. The van der Waals surface area contributed by atoms with Gasteiger partial charge < -0.3 is 5.32 Å². The van der Waals surface area contributed by atoms with Gasteiger partial charge in [-0.15, -0.1) is 0 Å². The highest BCUT2D eigenvalue weighted by molar-refractivity contribution is 9.10. The minimum absolute atomic E-state index is 0.794. The Hall–Kier alpha value is -0.870. The number of halogens is 2. The van der Waals surface area contributed by atoms with Gasteiger partial charge in [0.1, 0.15) is 0 Å². The molecule has 82 valence electrons. The van der Waals surface area contributed by atoms with Crippen molar-refractivity contribution in [3.8, 4) is 0 Å². The third kappa shape index (κ3) is 3.06. The van der Waals surface area contributed by atoms with Crippen LogP contribution >= 0.6 is 31.9 Å². The van der Waals surface area contributed by atoms with Crippen molar-refractivity contribution in [1.82, 2.24) is 4.98 Å². The summed E-state index contributed by atoms with van der Waals surface area (Å²) in [6, 6.07) is 10.2. The van der Waals surface area contributed by atoms with Crippen LogP contribution in [0.2, 0.25) is 0 Å². The number of hydrogen-bond acceptors (Lipinski definition) is 2. The Balaban J connectivity index is 2.05. The summed E-state index contributed by atoms with van der Waals surface area (Å²) >= 11 is 6.91. The average Bonchev–Trinajstić information content (AvgIpc) is 2.28. The molecule has 1 N–H and O–H groups in total.